The standard InChI is InChI=1S/C33H36N4O5/c1-5-6-19-35(33(39)34-23-13-15-24(40-2)16-14-23)22-31(38)37-28-11-8-7-10-27(28)36-20-9-12-29(36)32(37)26-21-25(41-3)17-18-30(26)42-4/h7-18,20-21,32H,5-6,19,22H2,1-4H3,(H,34,39). The number of benzene rings is 3. The van der Waals surface area contributed by atoms with Gasteiger partial charge in [0.2, 0.25) is 5.91 Å². The van der Waals surface area contributed by atoms with Gasteiger partial charge in [-0.15, -0.1) is 0 Å². The van der Waals surface area contributed by atoms with Gasteiger partial charge in [0.05, 0.1) is 38.4 Å². The molecular weight excluding hydrogens is 532 g/mol. The molecule has 4 aromatic rings. The normalized spacial score (nSPS) is 13.5. The number of carbonyl (C=O) groups excluding carboxylic acids is 2. The first-order valence-electron chi connectivity index (χ1n) is 14.0. The Balaban J connectivity index is 1.53. The predicted octanol–water partition coefficient (Wildman–Crippen LogP) is 6.27. The Bertz CT molecular complexity index is 1550. The summed E-state index contributed by atoms with van der Waals surface area (Å²) in [6.45, 7) is 2.38. The van der Waals surface area contributed by atoms with Crippen LogP contribution in [0.25, 0.3) is 5.69 Å². The number of para-hydroxylation sites is 2. The first-order valence-corrected chi connectivity index (χ1v) is 14.0. The van der Waals surface area contributed by atoms with Gasteiger partial charge >= 0.3 is 6.03 Å². The quantitative estimate of drug-likeness (QED) is 0.244. The Morgan fingerprint density at radius 2 is 1.57 bits per heavy atom. The summed E-state index contributed by atoms with van der Waals surface area (Å²) in [5.74, 6) is 1.76. The van der Waals surface area contributed by atoms with Crippen molar-refractivity contribution in [2.24, 2.45) is 0 Å². The number of urea groups is 1. The van der Waals surface area contributed by atoms with Gasteiger partial charge in [-0.3, -0.25) is 9.69 Å². The number of unbranched alkanes of at least 4 members (excludes halogenated alkanes) is 1. The van der Waals surface area contributed by atoms with Crippen LogP contribution in [0.5, 0.6) is 17.2 Å². The lowest BCUT2D eigenvalue weighted by atomic mass is 9.96. The Labute approximate surface area is 246 Å². The van der Waals surface area contributed by atoms with Crippen molar-refractivity contribution >= 4 is 23.3 Å². The van der Waals surface area contributed by atoms with Crippen LogP contribution in [0.2, 0.25) is 0 Å². The van der Waals surface area contributed by atoms with Crippen molar-refractivity contribution in [3.8, 4) is 22.9 Å². The second kappa shape index (κ2) is 12.7. The summed E-state index contributed by atoms with van der Waals surface area (Å²) < 4.78 is 18.7. The van der Waals surface area contributed by atoms with E-state index in [1.165, 1.54) is 0 Å². The average molecular weight is 569 g/mol. The maximum Gasteiger partial charge on any atom is 0.322 e. The molecule has 42 heavy (non-hydrogen) atoms. The highest BCUT2D eigenvalue weighted by molar-refractivity contribution is 6.01. The lowest BCUT2D eigenvalue weighted by molar-refractivity contribution is -0.119. The number of rotatable bonds is 10. The maximum absolute atomic E-state index is 14.5. The predicted molar refractivity (Wildman–Crippen MR) is 163 cm³/mol. The van der Waals surface area contributed by atoms with Crippen LogP contribution in [0, 0.1) is 0 Å². The zero-order chi connectivity index (χ0) is 29.6. The monoisotopic (exact) mass is 568 g/mol. The molecule has 0 aliphatic carbocycles. The summed E-state index contributed by atoms with van der Waals surface area (Å²) in [6, 6.07) is 23.6. The Hall–Kier alpha value is -4.92. The SMILES string of the molecule is CCCCN(CC(=O)N1c2ccccc2-n2cccc2C1c1cc(OC)ccc1OC)C(=O)Nc1ccc(OC)cc1. The summed E-state index contributed by atoms with van der Waals surface area (Å²) in [5.41, 5.74) is 3.92. The van der Waals surface area contributed by atoms with E-state index in [-0.39, 0.29) is 18.5 Å². The van der Waals surface area contributed by atoms with Crippen LogP contribution in [-0.2, 0) is 4.79 Å². The van der Waals surface area contributed by atoms with Crippen LogP contribution in [-0.4, -0.2) is 55.8 Å². The third kappa shape index (κ3) is 5.63. The first-order chi connectivity index (χ1) is 20.5. The van der Waals surface area contributed by atoms with E-state index in [0.717, 1.165) is 35.5 Å². The third-order valence-corrected chi connectivity index (χ3v) is 7.46. The minimum Gasteiger partial charge on any atom is -0.497 e. The highest BCUT2D eigenvalue weighted by atomic mass is 16.5. The molecule has 5 rings (SSSR count). The molecule has 1 aliphatic heterocycles. The molecule has 3 amide bonds. The van der Waals surface area contributed by atoms with Crippen LogP contribution < -0.4 is 24.4 Å². The van der Waals surface area contributed by atoms with Gasteiger partial charge in [-0.25, -0.2) is 4.79 Å². The lowest BCUT2D eigenvalue weighted by Crippen LogP contribution is -2.48. The number of nitrogens with zero attached hydrogens (tertiary/aromatic N) is 3. The third-order valence-electron chi connectivity index (χ3n) is 7.46. The minimum absolute atomic E-state index is 0.111. The molecule has 3 aromatic carbocycles. The van der Waals surface area contributed by atoms with Crippen molar-refractivity contribution < 1.29 is 23.8 Å². The van der Waals surface area contributed by atoms with Crippen LogP contribution in [0.3, 0.4) is 0 Å². The van der Waals surface area contributed by atoms with Crippen molar-refractivity contribution in [1.29, 1.82) is 0 Å². The van der Waals surface area contributed by atoms with E-state index in [1.807, 2.05) is 60.8 Å². The topological polar surface area (TPSA) is 85.3 Å². The van der Waals surface area contributed by atoms with Gasteiger partial charge in [0.15, 0.2) is 0 Å². The fraction of sp³-hybridized carbons (Fsp3) is 0.273. The van der Waals surface area contributed by atoms with Crippen molar-refractivity contribution in [3.05, 3.63) is 96.3 Å². The zero-order valence-corrected chi connectivity index (χ0v) is 24.4. The van der Waals surface area contributed by atoms with Gasteiger partial charge < -0.3 is 29.0 Å². The molecule has 9 nitrogen and oxygen atoms in total. The highest BCUT2D eigenvalue weighted by Crippen LogP contribution is 2.45. The summed E-state index contributed by atoms with van der Waals surface area (Å²) >= 11 is 0. The number of methoxy groups -OCH3 is 3. The van der Waals surface area contributed by atoms with E-state index in [0.29, 0.717) is 29.5 Å². The Morgan fingerprint density at radius 1 is 0.857 bits per heavy atom. The van der Waals surface area contributed by atoms with Crippen LogP contribution >= 0.6 is 0 Å². The molecule has 0 saturated carbocycles. The maximum atomic E-state index is 14.5. The highest BCUT2D eigenvalue weighted by Gasteiger charge is 2.38. The summed E-state index contributed by atoms with van der Waals surface area (Å²) in [7, 11) is 4.82. The molecule has 1 unspecified atom stereocenters. The van der Waals surface area contributed by atoms with Crippen molar-refractivity contribution in [3.63, 3.8) is 0 Å². The molecule has 1 atom stereocenters. The molecule has 1 aliphatic rings. The molecule has 9 heteroatoms. The van der Waals surface area contributed by atoms with E-state index in [2.05, 4.69) is 16.8 Å². The number of hydrogen-bond donors (Lipinski definition) is 1. The molecule has 1 N–H and O–H groups in total. The Kier molecular flexibility index (Phi) is 8.66. The molecule has 0 bridgehead atoms. The van der Waals surface area contributed by atoms with Gasteiger partial charge in [0.1, 0.15) is 29.8 Å². The number of fused-ring (bicyclic) bond motifs is 3. The second-order valence-corrected chi connectivity index (χ2v) is 10.00. The smallest absolute Gasteiger partial charge is 0.322 e. The van der Waals surface area contributed by atoms with E-state index >= 15 is 0 Å². The van der Waals surface area contributed by atoms with E-state index in [4.69, 9.17) is 14.2 Å². The first kappa shape index (κ1) is 28.6. The summed E-state index contributed by atoms with van der Waals surface area (Å²) in [5, 5.41) is 2.94. The van der Waals surface area contributed by atoms with Gasteiger partial charge in [-0.05, 0) is 73.2 Å². The molecule has 2 heterocycles. The molecule has 0 spiro atoms. The second-order valence-electron chi connectivity index (χ2n) is 10.00. The fourth-order valence-electron chi connectivity index (χ4n) is 5.33. The molecular formula is C33H36N4O5. The number of nitrogens with one attached hydrogen (secondary N) is 1. The molecule has 218 valence electrons. The van der Waals surface area contributed by atoms with Crippen molar-refractivity contribution in [2.45, 2.75) is 25.8 Å². The van der Waals surface area contributed by atoms with Gasteiger partial charge in [-0.1, -0.05) is 25.5 Å². The molecule has 0 radical (unpaired) electrons. The molecule has 0 saturated heterocycles. The minimum atomic E-state index is -0.523. The number of amides is 3. The zero-order valence-electron chi connectivity index (χ0n) is 24.4. The van der Waals surface area contributed by atoms with Gasteiger partial charge in [0, 0.05) is 24.0 Å². The van der Waals surface area contributed by atoms with Crippen molar-refractivity contribution in [2.75, 3.05) is 44.6 Å². The average Bonchev–Trinajstić information content (AvgIpc) is 3.52. The Morgan fingerprint density at radius 3 is 2.26 bits per heavy atom. The number of hydrogen-bond acceptors (Lipinski definition) is 5. The lowest BCUT2D eigenvalue weighted by Gasteiger charge is -2.40. The van der Waals surface area contributed by atoms with Gasteiger partial charge in [0.25, 0.3) is 0 Å². The van der Waals surface area contributed by atoms with E-state index in [1.54, 1.807) is 55.4 Å². The number of aromatic nitrogens is 1. The molecule has 1 aromatic heterocycles. The number of carbonyl (C=O) groups is 2. The van der Waals surface area contributed by atoms with Gasteiger partial charge in [-0.2, -0.15) is 0 Å². The number of ether oxygens (including phenoxy) is 3. The fourth-order valence-corrected chi connectivity index (χ4v) is 5.33. The summed E-state index contributed by atoms with van der Waals surface area (Å²) in [4.78, 5) is 31.3. The largest absolute Gasteiger partial charge is 0.497 e. The summed E-state index contributed by atoms with van der Waals surface area (Å²) in [6.07, 6.45) is 3.63. The van der Waals surface area contributed by atoms with E-state index in [9.17, 15) is 9.59 Å². The molecule has 0 fully saturated rings. The van der Waals surface area contributed by atoms with E-state index < -0.39 is 6.04 Å². The van der Waals surface area contributed by atoms with Crippen LogP contribution in [0.4, 0.5) is 16.2 Å². The van der Waals surface area contributed by atoms with Crippen molar-refractivity contribution in [1.82, 2.24) is 9.47 Å². The van der Waals surface area contributed by atoms with Crippen LogP contribution in [0.1, 0.15) is 37.1 Å². The van der Waals surface area contributed by atoms with Crippen LogP contribution in [0.15, 0.2) is 85.1 Å². The number of anilines is 2.